The highest BCUT2D eigenvalue weighted by Crippen LogP contribution is 2.18. The predicted molar refractivity (Wildman–Crippen MR) is 80.5 cm³/mol. The number of ether oxygens (including phenoxy) is 1. The van der Waals surface area contributed by atoms with E-state index >= 15 is 0 Å². The molecule has 21 heavy (non-hydrogen) atoms. The summed E-state index contributed by atoms with van der Waals surface area (Å²) in [6.07, 6.45) is 8.22. The van der Waals surface area contributed by atoms with Crippen LogP contribution in [0.3, 0.4) is 0 Å². The molecule has 0 N–H and O–H groups in total. The van der Waals surface area contributed by atoms with Crippen LogP contribution in [0.4, 0.5) is 0 Å². The second-order valence-electron chi connectivity index (χ2n) is 5.54. The van der Waals surface area contributed by atoms with Crippen LogP contribution in [0.1, 0.15) is 39.0 Å². The van der Waals surface area contributed by atoms with Gasteiger partial charge in [-0.25, -0.2) is 12.7 Å². The van der Waals surface area contributed by atoms with Crippen molar-refractivity contribution < 1.29 is 13.2 Å². The van der Waals surface area contributed by atoms with E-state index in [2.05, 4.69) is 5.10 Å². The Hall–Kier alpha value is -0.920. The Balaban J connectivity index is 1.93. The summed E-state index contributed by atoms with van der Waals surface area (Å²) in [6, 6.07) is 0. The minimum Gasteiger partial charge on any atom is -0.378 e. The van der Waals surface area contributed by atoms with Gasteiger partial charge in [-0.05, 0) is 32.1 Å². The van der Waals surface area contributed by atoms with E-state index in [1.54, 1.807) is 17.9 Å². The van der Waals surface area contributed by atoms with Gasteiger partial charge in [0.1, 0.15) is 4.90 Å². The van der Waals surface area contributed by atoms with Gasteiger partial charge >= 0.3 is 0 Å². The average molecular weight is 315 g/mol. The summed E-state index contributed by atoms with van der Waals surface area (Å²) in [5, 5.41) is 4.09. The molecule has 0 saturated carbocycles. The van der Waals surface area contributed by atoms with Crippen molar-refractivity contribution in [2.45, 2.75) is 56.6 Å². The molecule has 120 valence electrons. The second-order valence-corrected chi connectivity index (χ2v) is 7.59. The molecular formula is C14H25N3O3S. The van der Waals surface area contributed by atoms with Gasteiger partial charge in [-0.15, -0.1) is 0 Å². The summed E-state index contributed by atoms with van der Waals surface area (Å²) in [4.78, 5) is 0.267. The van der Waals surface area contributed by atoms with E-state index in [0.29, 0.717) is 6.54 Å². The Bertz CT molecular complexity index is 535. The second kappa shape index (κ2) is 7.38. The molecule has 1 atom stereocenters. The molecule has 0 aromatic carbocycles. The quantitative estimate of drug-likeness (QED) is 0.770. The molecule has 2 heterocycles. The van der Waals surface area contributed by atoms with Gasteiger partial charge in [-0.3, -0.25) is 4.68 Å². The van der Waals surface area contributed by atoms with Gasteiger partial charge in [0.15, 0.2) is 0 Å². The Kier molecular flexibility index (Phi) is 5.78. The number of sulfonamides is 1. The summed E-state index contributed by atoms with van der Waals surface area (Å²) >= 11 is 0. The van der Waals surface area contributed by atoms with E-state index in [1.165, 1.54) is 16.9 Å². The minimum absolute atomic E-state index is 0.194. The van der Waals surface area contributed by atoms with Crippen LogP contribution in [0.5, 0.6) is 0 Å². The fourth-order valence-corrected chi connectivity index (χ4v) is 3.63. The van der Waals surface area contributed by atoms with Crippen LogP contribution in [0.25, 0.3) is 0 Å². The molecule has 0 amide bonds. The Morgan fingerprint density at radius 3 is 2.95 bits per heavy atom. The first kappa shape index (κ1) is 16.5. The summed E-state index contributed by atoms with van der Waals surface area (Å²) in [6.45, 7) is 4.04. The first-order chi connectivity index (χ1) is 10.0. The summed E-state index contributed by atoms with van der Waals surface area (Å²) in [5.41, 5.74) is 0. The summed E-state index contributed by atoms with van der Waals surface area (Å²) in [7, 11) is -1.82. The highest BCUT2D eigenvalue weighted by Gasteiger charge is 2.24. The molecule has 0 spiro atoms. The molecule has 1 unspecified atom stereocenters. The highest BCUT2D eigenvalue weighted by atomic mass is 32.2. The van der Waals surface area contributed by atoms with E-state index in [4.69, 9.17) is 4.74 Å². The molecule has 7 heteroatoms. The van der Waals surface area contributed by atoms with Gasteiger partial charge in [0.05, 0.1) is 12.3 Å². The zero-order valence-electron chi connectivity index (χ0n) is 12.9. The normalized spacial score (nSPS) is 20.0. The molecule has 0 radical (unpaired) electrons. The lowest BCUT2D eigenvalue weighted by atomic mass is 10.1. The number of nitrogens with zero attached hydrogens (tertiary/aromatic N) is 3. The van der Waals surface area contributed by atoms with Crippen molar-refractivity contribution >= 4 is 10.0 Å². The molecule has 0 aliphatic carbocycles. The van der Waals surface area contributed by atoms with Crippen molar-refractivity contribution in [1.29, 1.82) is 0 Å². The third-order valence-corrected chi connectivity index (χ3v) is 5.62. The lowest BCUT2D eigenvalue weighted by Gasteiger charge is -2.24. The molecule has 2 rings (SSSR count). The highest BCUT2D eigenvalue weighted by molar-refractivity contribution is 7.89. The summed E-state index contributed by atoms with van der Waals surface area (Å²) < 4.78 is 33.6. The van der Waals surface area contributed by atoms with Crippen LogP contribution in [-0.2, 0) is 21.3 Å². The predicted octanol–water partition coefficient (Wildman–Crippen LogP) is 1.87. The van der Waals surface area contributed by atoms with Crippen molar-refractivity contribution in [2.75, 3.05) is 20.2 Å². The fraction of sp³-hybridized carbons (Fsp3) is 0.786. The van der Waals surface area contributed by atoms with Gasteiger partial charge in [0, 0.05) is 32.9 Å². The van der Waals surface area contributed by atoms with Crippen LogP contribution in [0.2, 0.25) is 0 Å². The molecule has 6 nitrogen and oxygen atoms in total. The van der Waals surface area contributed by atoms with Crippen LogP contribution in [-0.4, -0.2) is 48.8 Å². The standard InChI is InChI=1S/C14H25N3O3S/c1-3-8-17-12-14(11-15-17)21(18,19)16(2)9-7-13-6-4-5-10-20-13/h11-13H,3-10H2,1-2H3. The van der Waals surface area contributed by atoms with E-state index in [9.17, 15) is 8.42 Å². The third-order valence-electron chi connectivity index (χ3n) is 3.81. The lowest BCUT2D eigenvalue weighted by molar-refractivity contribution is 0.00950. The summed E-state index contributed by atoms with van der Waals surface area (Å²) in [5.74, 6) is 0. The minimum atomic E-state index is -3.44. The Morgan fingerprint density at radius 2 is 2.29 bits per heavy atom. The zero-order valence-corrected chi connectivity index (χ0v) is 13.7. The number of hydrogen-bond donors (Lipinski definition) is 0. The van der Waals surface area contributed by atoms with Crippen molar-refractivity contribution in [1.82, 2.24) is 14.1 Å². The van der Waals surface area contributed by atoms with E-state index < -0.39 is 10.0 Å². The van der Waals surface area contributed by atoms with E-state index in [-0.39, 0.29) is 11.0 Å². The van der Waals surface area contributed by atoms with Crippen LogP contribution >= 0.6 is 0 Å². The monoisotopic (exact) mass is 315 g/mol. The van der Waals surface area contributed by atoms with Gasteiger partial charge in [-0.1, -0.05) is 6.92 Å². The molecular weight excluding hydrogens is 290 g/mol. The molecule has 1 saturated heterocycles. The van der Waals surface area contributed by atoms with Crippen LogP contribution < -0.4 is 0 Å². The van der Waals surface area contributed by atoms with Gasteiger partial charge in [0.25, 0.3) is 0 Å². The molecule has 1 aromatic heterocycles. The Morgan fingerprint density at radius 1 is 1.48 bits per heavy atom. The maximum Gasteiger partial charge on any atom is 0.245 e. The van der Waals surface area contributed by atoms with E-state index in [1.807, 2.05) is 6.92 Å². The van der Waals surface area contributed by atoms with Crippen LogP contribution in [0.15, 0.2) is 17.3 Å². The molecule has 1 aliphatic heterocycles. The fourth-order valence-electron chi connectivity index (χ4n) is 2.49. The average Bonchev–Trinajstić information content (AvgIpc) is 2.95. The SMILES string of the molecule is CCCn1cc(S(=O)(=O)N(C)CCC2CCCCO2)cn1. The van der Waals surface area contributed by atoms with Crippen molar-refractivity contribution in [3.63, 3.8) is 0 Å². The number of aryl methyl sites for hydroxylation is 1. The maximum absolute atomic E-state index is 12.5. The molecule has 1 fully saturated rings. The van der Waals surface area contributed by atoms with Crippen LogP contribution in [0, 0.1) is 0 Å². The number of aromatic nitrogens is 2. The van der Waals surface area contributed by atoms with Crippen molar-refractivity contribution in [3.05, 3.63) is 12.4 Å². The molecule has 0 bridgehead atoms. The maximum atomic E-state index is 12.5. The van der Waals surface area contributed by atoms with E-state index in [0.717, 1.165) is 38.8 Å². The zero-order chi connectivity index (χ0) is 15.3. The molecule has 1 aromatic rings. The molecule has 1 aliphatic rings. The Labute approximate surface area is 127 Å². The lowest BCUT2D eigenvalue weighted by Crippen LogP contribution is -2.31. The first-order valence-corrected chi connectivity index (χ1v) is 9.08. The van der Waals surface area contributed by atoms with Gasteiger partial charge < -0.3 is 4.74 Å². The first-order valence-electron chi connectivity index (χ1n) is 7.64. The third kappa shape index (κ3) is 4.28. The number of hydrogen-bond acceptors (Lipinski definition) is 4. The van der Waals surface area contributed by atoms with Crippen molar-refractivity contribution in [2.24, 2.45) is 0 Å². The number of rotatable bonds is 7. The van der Waals surface area contributed by atoms with Gasteiger partial charge in [-0.2, -0.15) is 5.10 Å². The smallest absolute Gasteiger partial charge is 0.245 e. The topological polar surface area (TPSA) is 64.4 Å². The largest absolute Gasteiger partial charge is 0.378 e. The van der Waals surface area contributed by atoms with Gasteiger partial charge in [0.2, 0.25) is 10.0 Å². The van der Waals surface area contributed by atoms with Crippen molar-refractivity contribution in [3.8, 4) is 0 Å².